The normalized spacial score (nSPS) is 14.2. The van der Waals surface area contributed by atoms with E-state index < -0.39 is 0 Å². The van der Waals surface area contributed by atoms with Gasteiger partial charge < -0.3 is 15.5 Å². The molecule has 4 nitrogen and oxygen atoms in total. The van der Waals surface area contributed by atoms with E-state index in [1.807, 2.05) is 27.7 Å². The van der Waals surface area contributed by atoms with Gasteiger partial charge in [-0.15, -0.1) is 0 Å². The highest BCUT2D eigenvalue weighted by molar-refractivity contribution is 5.81. The maximum atomic E-state index is 11.8. The van der Waals surface area contributed by atoms with Gasteiger partial charge in [0.05, 0.1) is 6.04 Å². The van der Waals surface area contributed by atoms with E-state index in [0.717, 1.165) is 13.1 Å². The lowest BCUT2D eigenvalue weighted by Crippen LogP contribution is -2.50. The first-order valence-electron chi connectivity index (χ1n) is 6.39. The molecular formula is C13H29N3O. The highest BCUT2D eigenvalue weighted by atomic mass is 16.2. The zero-order valence-electron chi connectivity index (χ0n) is 12.4. The monoisotopic (exact) mass is 243 g/mol. The van der Waals surface area contributed by atoms with E-state index in [9.17, 15) is 4.79 Å². The number of nitrogens with zero attached hydrogens (tertiary/aromatic N) is 1. The molecule has 0 bridgehead atoms. The van der Waals surface area contributed by atoms with Crippen LogP contribution in [-0.2, 0) is 4.79 Å². The zero-order valence-corrected chi connectivity index (χ0v) is 12.4. The first-order chi connectivity index (χ1) is 7.63. The van der Waals surface area contributed by atoms with Crippen LogP contribution in [0.1, 0.15) is 41.5 Å². The van der Waals surface area contributed by atoms with Crippen molar-refractivity contribution >= 4 is 5.91 Å². The summed E-state index contributed by atoms with van der Waals surface area (Å²) in [7, 11) is 2.09. The van der Waals surface area contributed by atoms with Crippen molar-refractivity contribution in [2.45, 2.75) is 59.2 Å². The number of carbonyl (C=O) groups excluding carboxylic acids is 1. The Balaban J connectivity index is 3.87. The maximum Gasteiger partial charge on any atom is 0.237 e. The molecule has 0 spiro atoms. The van der Waals surface area contributed by atoms with Crippen LogP contribution in [0.4, 0.5) is 0 Å². The SMILES string of the molecule is CC(NCCN(C)C(C)C)C(=O)NC(C)(C)C. The van der Waals surface area contributed by atoms with Gasteiger partial charge in [0.1, 0.15) is 0 Å². The third kappa shape index (κ3) is 8.16. The molecule has 17 heavy (non-hydrogen) atoms. The van der Waals surface area contributed by atoms with Crippen LogP contribution in [-0.4, -0.2) is 48.6 Å². The Morgan fingerprint density at radius 3 is 2.18 bits per heavy atom. The second-order valence-corrected chi connectivity index (χ2v) is 5.99. The standard InChI is InChI=1S/C13H29N3O/c1-10(2)16(7)9-8-14-11(3)12(17)15-13(4,5)6/h10-11,14H,8-9H2,1-7H3,(H,15,17). The molecule has 0 aliphatic carbocycles. The summed E-state index contributed by atoms with van der Waals surface area (Å²) in [5.74, 6) is 0.0599. The molecule has 0 aliphatic rings. The van der Waals surface area contributed by atoms with Crippen molar-refractivity contribution in [1.29, 1.82) is 0 Å². The fourth-order valence-corrected chi connectivity index (χ4v) is 1.29. The average Bonchev–Trinajstić information content (AvgIpc) is 2.14. The molecule has 0 radical (unpaired) electrons. The molecule has 0 saturated carbocycles. The molecule has 0 aromatic carbocycles. The number of hydrogen-bond donors (Lipinski definition) is 2. The van der Waals surface area contributed by atoms with Crippen LogP contribution in [0.25, 0.3) is 0 Å². The summed E-state index contributed by atoms with van der Waals surface area (Å²) >= 11 is 0. The van der Waals surface area contributed by atoms with Gasteiger partial charge in [0, 0.05) is 24.7 Å². The lowest BCUT2D eigenvalue weighted by atomic mass is 10.1. The van der Waals surface area contributed by atoms with Crippen molar-refractivity contribution < 1.29 is 4.79 Å². The number of nitrogens with one attached hydrogen (secondary N) is 2. The summed E-state index contributed by atoms with van der Waals surface area (Å²) in [6.45, 7) is 14.0. The fourth-order valence-electron chi connectivity index (χ4n) is 1.29. The van der Waals surface area contributed by atoms with Crippen molar-refractivity contribution in [3.63, 3.8) is 0 Å². The minimum Gasteiger partial charge on any atom is -0.350 e. The summed E-state index contributed by atoms with van der Waals surface area (Å²) in [5.41, 5.74) is -0.165. The minimum absolute atomic E-state index is 0.0599. The zero-order chi connectivity index (χ0) is 13.6. The Morgan fingerprint density at radius 2 is 1.76 bits per heavy atom. The third-order valence-electron chi connectivity index (χ3n) is 2.69. The van der Waals surface area contributed by atoms with Crippen LogP contribution < -0.4 is 10.6 Å². The lowest BCUT2D eigenvalue weighted by molar-refractivity contribution is -0.124. The minimum atomic E-state index is -0.165. The predicted octanol–water partition coefficient (Wildman–Crippen LogP) is 1.22. The van der Waals surface area contributed by atoms with E-state index in [1.165, 1.54) is 0 Å². The molecule has 1 amide bonds. The Morgan fingerprint density at radius 1 is 1.24 bits per heavy atom. The van der Waals surface area contributed by atoms with E-state index in [0.29, 0.717) is 6.04 Å². The molecule has 0 saturated heterocycles. The Kier molecular flexibility index (Phi) is 6.72. The molecule has 102 valence electrons. The Labute approximate surface area is 106 Å². The first kappa shape index (κ1) is 16.4. The van der Waals surface area contributed by atoms with Crippen molar-refractivity contribution in [2.24, 2.45) is 0 Å². The molecule has 0 aromatic heterocycles. The molecular weight excluding hydrogens is 214 g/mol. The maximum absolute atomic E-state index is 11.8. The van der Waals surface area contributed by atoms with E-state index in [2.05, 4.69) is 36.4 Å². The highest BCUT2D eigenvalue weighted by Crippen LogP contribution is 1.99. The summed E-state index contributed by atoms with van der Waals surface area (Å²) in [6.07, 6.45) is 0. The van der Waals surface area contributed by atoms with Gasteiger partial charge in [0.25, 0.3) is 0 Å². The second kappa shape index (κ2) is 6.97. The van der Waals surface area contributed by atoms with Crippen molar-refractivity contribution in [3.05, 3.63) is 0 Å². The van der Waals surface area contributed by atoms with E-state index in [1.54, 1.807) is 0 Å². The van der Waals surface area contributed by atoms with Gasteiger partial charge in [-0.25, -0.2) is 0 Å². The summed E-state index contributed by atoms with van der Waals surface area (Å²) in [6, 6.07) is 0.394. The Bertz CT molecular complexity index is 233. The van der Waals surface area contributed by atoms with Gasteiger partial charge in [0.15, 0.2) is 0 Å². The fraction of sp³-hybridized carbons (Fsp3) is 0.923. The average molecular weight is 243 g/mol. The molecule has 4 heteroatoms. The van der Waals surface area contributed by atoms with Gasteiger partial charge in [-0.3, -0.25) is 4.79 Å². The topological polar surface area (TPSA) is 44.4 Å². The number of carbonyl (C=O) groups is 1. The van der Waals surface area contributed by atoms with Crippen molar-refractivity contribution in [3.8, 4) is 0 Å². The molecule has 0 fully saturated rings. The van der Waals surface area contributed by atoms with Gasteiger partial charge >= 0.3 is 0 Å². The summed E-state index contributed by atoms with van der Waals surface area (Å²) in [4.78, 5) is 14.0. The second-order valence-electron chi connectivity index (χ2n) is 5.99. The highest BCUT2D eigenvalue weighted by Gasteiger charge is 2.18. The molecule has 0 rings (SSSR count). The quantitative estimate of drug-likeness (QED) is 0.737. The molecule has 0 aliphatic heterocycles. The van der Waals surface area contributed by atoms with Crippen LogP contribution >= 0.6 is 0 Å². The Hall–Kier alpha value is -0.610. The number of rotatable bonds is 6. The smallest absolute Gasteiger partial charge is 0.237 e. The van der Waals surface area contributed by atoms with E-state index in [-0.39, 0.29) is 17.5 Å². The number of likely N-dealkylation sites (N-methyl/N-ethyl adjacent to an activating group) is 1. The summed E-state index contributed by atoms with van der Waals surface area (Å²) in [5, 5.41) is 6.20. The van der Waals surface area contributed by atoms with Gasteiger partial charge in [-0.05, 0) is 48.6 Å². The van der Waals surface area contributed by atoms with Crippen LogP contribution in [0.3, 0.4) is 0 Å². The van der Waals surface area contributed by atoms with Crippen molar-refractivity contribution in [1.82, 2.24) is 15.5 Å². The molecule has 0 aromatic rings. The molecule has 2 N–H and O–H groups in total. The van der Waals surface area contributed by atoms with Crippen LogP contribution in [0.5, 0.6) is 0 Å². The van der Waals surface area contributed by atoms with Gasteiger partial charge in [-0.2, -0.15) is 0 Å². The van der Waals surface area contributed by atoms with E-state index >= 15 is 0 Å². The van der Waals surface area contributed by atoms with Crippen molar-refractivity contribution in [2.75, 3.05) is 20.1 Å². The largest absolute Gasteiger partial charge is 0.350 e. The number of amides is 1. The third-order valence-corrected chi connectivity index (χ3v) is 2.69. The first-order valence-corrected chi connectivity index (χ1v) is 6.39. The molecule has 1 atom stereocenters. The van der Waals surface area contributed by atoms with E-state index in [4.69, 9.17) is 0 Å². The number of hydrogen-bond acceptors (Lipinski definition) is 3. The lowest BCUT2D eigenvalue weighted by Gasteiger charge is -2.25. The predicted molar refractivity (Wildman–Crippen MR) is 73.1 cm³/mol. The molecule has 1 unspecified atom stereocenters. The molecule has 0 heterocycles. The van der Waals surface area contributed by atoms with Gasteiger partial charge in [0.2, 0.25) is 5.91 Å². The van der Waals surface area contributed by atoms with Crippen LogP contribution in [0, 0.1) is 0 Å². The van der Waals surface area contributed by atoms with Crippen LogP contribution in [0.2, 0.25) is 0 Å². The van der Waals surface area contributed by atoms with Crippen LogP contribution in [0.15, 0.2) is 0 Å². The van der Waals surface area contributed by atoms with Gasteiger partial charge in [-0.1, -0.05) is 0 Å². The summed E-state index contributed by atoms with van der Waals surface area (Å²) < 4.78 is 0.